The first kappa shape index (κ1) is 15.1. The minimum Gasteiger partial charge on any atom is -0.308 e. The molecular weight excluding hydrogens is 242 g/mol. The molecule has 0 aromatic carbocycles. The summed E-state index contributed by atoms with van der Waals surface area (Å²) in [5.74, 6) is 0. The molecule has 0 fully saturated rings. The van der Waals surface area contributed by atoms with Crippen molar-refractivity contribution in [2.75, 3.05) is 13.1 Å². The first-order chi connectivity index (χ1) is 8.65. The number of aromatic nitrogens is 1. The highest BCUT2D eigenvalue weighted by Gasteiger charge is 2.07. The van der Waals surface area contributed by atoms with Crippen molar-refractivity contribution in [1.82, 2.24) is 15.2 Å². The van der Waals surface area contributed by atoms with E-state index in [1.165, 1.54) is 0 Å². The molecule has 1 N–H and O–H groups in total. The second-order valence-corrected chi connectivity index (χ2v) is 5.48. The second-order valence-electron chi connectivity index (χ2n) is 4.54. The van der Waals surface area contributed by atoms with Crippen LogP contribution >= 0.6 is 11.3 Å². The molecule has 0 bridgehead atoms. The van der Waals surface area contributed by atoms with Crippen LogP contribution in [0.3, 0.4) is 0 Å². The van der Waals surface area contributed by atoms with Crippen LogP contribution in [0.1, 0.15) is 24.5 Å². The van der Waals surface area contributed by atoms with Crippen molar-refractivity contribution < 1.29 is 0 Å². The van der Waals surface area contributed by atoms with E-state index >= 15 is 0 Å². The largest absolute Gasteiger partial charge is 0.308 e. The maximum absolute atomic E-state index is 4.63. The van der Waals surface area contributed by atoms with E-state index in [1.807, 2.05) is 12.2 Å². The molecule has 0 radical (unpaired) electrons. The Labute approximate surface area is 114 Å². The lowest BCUT2D eigenvalue weighted by Crippen LogP contribution is -2.24. The predicted molar refractivity (Wildman–Crippen MR) is 79.8 cm³/mol. The predicted octanol–water partition coefficient (Wildman–Crippen LogP) is 2.82. The van der Waals surface area contributed by atoms with E-state index in [1.54, 1.807) is 11.3 Å². The van der Waals surface area contributed by atoms with Crippen molar-refractivity contribution in [1.29, 1.82) is 0 Å². The number of thiazole rings is 1. The van der Waals surface area contributed by atoms with Crippen molar-refractivity contribution in [3.05, 3.63) is 41.4 Å². The van der Waals surface area contributed by atoms with Crippen molar-refractivity contribution in [2.24, 2.45) is 0 Å². The minimum atomic E-state index is 0.496. The van der Waals surface area contributed by atoms with Crippen LogP contribution in [0.15, 0.2) is 30.7 Å². The van der Waals surface area contributed by atoms with Gasteiger partial charge in [-0.05, 0) is 0 Å². The Hall–Kier alpha value is -0.970. The molecule has 4 heteroatoms. The van der Waals surface area contributed by atoms with E-state index < -0.39 is 0 Å². The van der Waals surface area contributed by atoms with Gasteiger partial charge in [0, 0.05) is 37.6 Å². The molecule has 100 valence electrons. The molecule has 18 heavy (non-hydrogen) atoms. The molecule has 0 unspecified atom stereocenters. The van der Waals surface area contributed by atoms with Crippen molar-refractivity contribution >= 4 is 11.3 Å². The Bertz CT molecular complexity index is 361. The molecule has 0 aliphatic rings. The molecule has 3 nitrogen and oxygen atoms in total. The summed E-state index contributed by atoms with van der Waals surface area (Å²) < 4.78 is 0. The first-order valence-corrected chi connectivity index (χ1v) is 7.14. The van der Waals surface area contributed by atoms with Gasteiger partial charge in [0.15, 0.2) is 0 Å². The van der Waals surface area contributed by atoms with Gasteiger partial charge in [0.2, 0.25) is 0 Å². The Kier molecular flexibility index (Phi) is 6.86. The average molecular weight is 265 g/mol. The third-order valence-corrected chi connectivity index (χ3v) is 3.32. The molecular formula is C14H23N3S. The maximum atomic E-state index is 4.63. The van der Waals surface area contributed by atoms with Gasteiger partial charge < -0.3 is 5.32 Å². The number of hydrogen-bond acceptors (Lipinski definition) is 4. The smallest absolute Gasteiger partial charge is 0.107 e. The van der Waals surface area contributed by atoms with Crippen LogP contribution in [0.2, 0.25) is 0 Å². The topological polar surface area (TPSA) is 28.2 Å². The van der Waals surface area contributed by atoms with Crippen molar-refractivity contribution in [3.63, 3.8) is 0 Å². The van der Waals surface area contributed by atoms with Crippen LogP contribution < -0.4 is 5.32 Å². The third kappa shape index (κ3) is 5.58. The van der Waals surface area contributed by atoms with Crippen LogP contribution in [0, 0.1) is 0 Å². The fraction of sp³-hybridized carbons (Fsp3) is 0.500. The van der Waals surface area contributed by atoms with E-state index in [0.29, 0.717) is 6.04 Å². The lowest BCUT2D eigenvalue weighted by Gasteiger charge is -2.16. The van der Waals surface area contributed by atoms with Crippen molar-refractivity contribution in [3.8, 4) is 0 Å². The first-order valence-electron chi connectivity index (χ1n) is 6.26. The summed E-state index contributed by atoms with van der Waals surface area (Å²) in [7, 11) is 0. The number of hydrogen-bond donors (Lipinski definition) is 1. The van der Waals surface area contributed by atoms with Gasteiger partial charge in [0.05, 0.1) is 5.69 Å². The normalized spacial score (nSPS) is 11.1. The Balaban J connectivity index is 2.50. The third-order valence-electron chi connectivity index (χ3n) is 2.42. The standard InChI is InChI=1S/C14H23N3S/c1-5-7-17(8-6-2)10-13-11-18-14(16-13)9-15-12(3)4/h5-6,11-12,15H,1-2,7-10H2,3-4H3. The highest BCUT2D eigenvalue weighted by Crippen LogP contribution is 2.12. The van der Waals surface area contributed by atoms with Crippen LogP contribution in [0.5, 0.6) is 0 Å². The summed E-state index contributed by atoms with van der Waals surface area (Å²) in [4.78, 5) is 6.89. The molecule has 1 aromatic heterocycles. The lowest BCUT2D eigenvalue weighted by atomic mass is 10.4. The zero-order valence-corrected chi connectivity index (χ0v) is 12.2. The number of nitrogens with one attached hydrogen (secondary N) is 1. The van der Waals surface area contributed by atoms with E-state index in [0.717, 1.165) is 36.9 Å². The van der Waals surface area contributed by atoms with Crippen LogP contribution in [-0.4, -0.2) is 29.0 Å². The Morgan fingerprint density at radius 3 is 2.61 bits per heavy atom. The molecule has 0 aliphatic carbocycles. The highest BCUT2D eigenvalue weighted by atomic mass is 32.1. The monoisotopic (exact) mass is 265 g/mol. The zero-order chi connectivity index (χ0) is 13.4. The molecule has 1 rings (SSSR count). The van der Waals surface area contributed by atoms with Gasteiger partial charge in [-0.2, -0.15) is 0 Å². The van der Waals surface area contributed by atoms with Crippen LogP contribution in [0.4, 0.5) is 0 Å². The zero-order valence-electron chi connectivity index (χ0n) is 11.4. The van der Waals surface area contributed by atoms with E-state index in [2.05, 4.69) is 47.6 Å². The van der Waals surface area contributed by atoms with Gasteiger partial charge in [-0.25, -0.2) is 4.98 Å². The molecule has 1 heterocycles. The molecule has 0 atom stereocenters. The van der Waals surface area contributed by atoms with Gasteiger partial charge in [-0.15, -0.1) is 24.5 Å². The molecule has 0 saturated carbocycles. The Morgan fingerprint density at radius 2 is 2.06 bits per heavy atom. The molecule has 0 spiro atoms. The maximum Gasteiger partial charge on any atom is 0.107 e. The minimum absolute atomic E-state index is 0.496. The number of rotatable bonds is 9. The summed E-state index contributed by atoms with van der Waals surface area (Å²) >= 11 is 1.72. The number of nitrogens with zero attached hydrogens (tertiary/aromatic N) is 2. The second kappa shape index (κ2) is 8.19. The van der Waals surface area contributed by atoms with Gasteiger partial charge in [0.25, 0.3) is 0 Å². The molecule has 0 saturated heterocycles. The van der Waals surface area contributed by atoms with Gasteiger partial charge >= 0.3 is 0 Å². The average Bonchev–Trinajstić information content (AvgIpc) is 2.75. The van der Waals surface area contributed by atoms with E-state index in [-0.39, 0.29) is 0 Å². The molecule has 0 aliphatic heterocycles. The SMILES string of the molecule is C=CCN(CC=C)Cc1csc(CNC(C)C)n1. The summed E-state index contributed by atoms with van der Waals surface area (Å²) in [6.45, 7) is 15.3. The van der Waals surface area contributed by atoms with Gasteiger partial charge in [-0.3, -0.25) is 4.90 Å². The summed E-state index contributed by atoms with van der Waals surface area (Å²) in [6, 6.07) is 0.496. The fourth-order valence-electron chi connectivity index (χ4n) is 1.59. The summed E-state index contributed by atoms with van der Waals surface area (Å²) in [5.41, 5.74) is 1.13. The van der Waals surface area contributed by atoms with Crippen LogP contribution in [-0.2, 0) is 13.1 Å². The van der Waals surface area contributed by atoms with E-state index in [4.69, 9.17) is 0 Å². The quantitative estimate of drug-likeness (QED) is 0.696. The van der Waals surface area contributed by atoms with Gasteiger partial charge in [0.1, 0.15) is 5.01 Å². The highest BCUT2D eigenvalue weighted by molar-refractivity contribution is 7.09. The Morgan fingerprint density at radius 1 is 1.39 bits per heavy atom. The van der Waals surface area contributed by atoms with Crippen LogP contribution in [0.25, 0.3) is 0 Å². The summed E-state index contributed by atoms with van der Waals surface area (Å²) in [5, 5.41) is 6.67. The fourth-order valence-corrected chi connectivity index (χ4v) is 2.33. The lowest BCUT2D eigenvalue weighted by molar-refractivity contribution is 0.324. The summed E-state index contributed by atoms with van der Waals surface area (Å²) in [6.07, 6.45) is 3.83. The van der Waals surface area contributed by atoms with Crippen molar-refractivity contribution in [2.45, 2.75) is 33.0 Å². The van der Waals surface area contributed by atoms with E-state index in [9.17, 15) is 0 Å². The van der Waals surface area contributed by atoms with Gasteiger partial charge in [-0.1, -0.05) is 26.0 Å². The molecule has 1 aromatic rings. The molecule has 0 amide bonds.